The van der Waals surface area contributed by atoms with Gasteiger partial charge in [0.1, 0.15) is 6.61 Å². The van der Waals surface area contributed by atoms with Crippen LogP contribution in [-0.4, -0.2) is 46.0 Å². The molecule has 5 atom stereocenters. The highest BCUT2D eigenvalue weighted by Crippen LogP contribution is 2.41. The molecule has 1 aliphatic carbocycles. The minimum absolute atomic E-state index is 0.135. The second-order valence-electron chi connectivity index (χ2n) is 19.8. The number of nitrogen functional groups attached to an aromatic ring is 1. The lowest BCUT2D eigenvalue weighted by atomic mass is 9.81. The van der Waals surface area contributed by atoms with Crippen LogP contribution in [0.3, 0.4) is 0 Å². The van der Waals surface area contributed by atoms with E-state index in [1.165, 1.54) is 62.3 Å². The summed E-state index contributed by atoms with van der Waals surface area (Å²) in [5.74, 6) is 6.25. The van der Waals surface area contributed by atoms with Gasteiger partial charge in [-0.25, -0.2) is 0 Å². The first kappa shape index (κ1) is 49.2. The number of aromatic nitrogens is 3. The molecule has 4 N–H and O–H groups in total. The fourth-order valence-corrected chi connectivity index (χ4v) is 10.5. The summed E-state index contributed by atoms with van der Waals surface area (Å²) in [6.45, 7) is 26.1. The maximum Gasteiger partial charge on any atom is 0.316 e. The standard InChI is InChI=1S/C55H77N5O5/c1-13-39-35(8)42-28-44-37(10)41(24-25-48(61)65-27-26-34(7)23-17-22-33(6)21-16-20-32(5)19-15-18-31(3)4)52(59-44)50-51(55(63)64-12)54(62)49-38(11)47(60(56)53(49)50)30-46-40(14-2)36(9)43(58-46)29-45(39)57-42/h13,26,28-33,37,41,51,57-58,62H,1,14-25,27,56H2,2-12H3/p-1/b34-26+,43-29-,44-28+,46-30-/t32-,33-,37+,41+,51-/m1/s1. The zero-order chi connectivity index (χ0) is 47.3. The first-order chi connectivity index (χ1) is 31.0. The van der Waals surface area contributed by atoms with Crippen molar-refractivity contribution in [2.24, 2.45) is 40.5 Å². The second kappa shape index (κ2) is 21.4. The predicted molar refractivity (Wildman–Crippen MR) is 265 cm³/mol. The second-order valence-corrected chi connectivity index (χ2v) is 19.8. The van der Waals surface area contributed by atoms with E-state index in [0.717, 1.165) is 81.1 Å². The first-order valence-electron chi connectivity index (χ1n) is 24.4. The van der Waals surface area contributed by atoms with E-state index in [4.69, 9.17) is 20.3 Å². The lowest BCUT2D eigenvalue weighted by Crippen LogP contribution is -2.38. The van der Waals surface area contributed by atoms with Crippen molar-refractivity contribution < 1.29 is 24.2 Å². The number of aromatic amines is 2. The van der Waals surface area contributed by atoms with Gasteiger partial charge < -0.3 is 30.4 Å². The van der Waals surface area contributed by atoms with E-state index in [1.807, 2.05) is 31.2 Å². The molecule has 0 aromatic carbocycles. The zero-order valence-corrected chi connectivity index (χ0v) is 41.3. The number of fused-ring (bicyclic) bond motifs is 7. The van der Waals surface area contributed by atoms with E-state index in [1.54, 1.807) is 0 Å². The number of rotatable bonds is 20. The number of hydrogen-bond acceptors (Lipinski definition) is 7. The number of carbonyl (C=O) groups excluding carboxylic acids is 2. The van der Waals surface area contributed by atoms with Gasteiger partial charge in [-0.2, -0.15) is 0 Å². The molecule has 10 nitrogen and oxygen atoms in total. The summed E-state index contributed by atoms with van der Waals surface area (Å²) in [6.07, 6.45) is 22.6. The van der Waals surface area contributed by atoms with Crippen molar-refractivity contribution in [2.45, 2.75) is 146 Å². The average molecular weight is 887 g/mol. The van der Waals surface area contributed by atoms with Crippen molar-refractivity contribution >= 4 is 53.3 Å². The van der Waals surface area contributed by atoms with Crippen LogP contribution in [0.4, 0.5) is 0 Å². The highest BCUT2D eigenvalue weighted by Gasteiger charge is 2.42. The molecule has 6 rings (SSSR count). The fourth-order valence-electron chi connectivity index (χ4n) is 10.5. The topological polar surface area (TPSA) is 151 Å². The van der Waals surface area contributed by atoms with Crippen LogP contribution in [0.1, 0.15) is 164 Å². The van der Waals surface area contributed by atoms with E-state index in [9.17, 15) is 14.7 Å². The number of nitrogens with one attached hydrogen (secondary N) is 2. The van der Waals surface area contributed by atoms with E-state index >= 15 is 0 Å². The summed E-state index contributed by atoms with van der Waals surface area (Å²) in [7, 11) is 1.29. The average Bonchev–Trinajstić information content (AvgIpc) is 3.99. The van der Waals surface area contributed by atoms with Gasteiger partial charge in [-0.15, -0.1) is 5.76 Å². The number of H-pyrrole nitrogens is 2. The fraction of sp³-hybridized carbons (Fsp3) is 0.545. The SMILES string of the molecule is C=Cc1c2[nH]c(c1C)/C=C1/N=C(C3=c4c(c(C)c(n4N)/C=c4\[nH]/c(c(C)c4CC)=C\2)=C([O-])[C@@H]3C(=O)OC)[C@@H](CCC(=O)OC/C=C(\C)CCC[C@H](C)CCC[C@H](C)CCCC(C)C)[C@@H]1C. The summed E-state index contributed by atoms with van der Waals surface area (Å²) in [6, 6.07) is 0. The molecular formula is C55H76N5O5-. The number of nitrogens with zero attached hydrogens (tertiary/aromatic N) is 2. The third-order valence-corrected chi connectivity index (χ3v) is 14.6. The number of hydrogen-bond donors (Lipinski definition) is 3. The monoisotopic (exact) mass is 887 g/mol. The third kappa shape index (κ3) is 10.6. The predicted octanol–water partition coefficient (Wildman–Crippen LogP) is 7.84. The Bertz CT molecular complexity index is 2630. The summed E-state index contributed by atoms with van der Waals surface area (Å²) in [5.41, 5.74) is 10.4. The molecular weight excluding hydrogens is 811 g/mol. The molecule has 3 aliphatic rings. The molecule has 3 aromatic heterocycles. The van der Waals surface area contributed by atoms with Gasteiger partial charge in [0.25, 0.3) is 0 Å². The summed E-state index contributed by atoms with van der Waals surface area (Å²) in [5, 5.41) is 17.2. The molecule has 65 heavy (non-hydrogen) atoms. The molecule has 0 unspecified atom stereocenters. The van der Waals surface area contributed by atoms with E-state index in [0.29, 0.717) is 45.4 Å². The Hall–Kier alpha value is -5.25. The maximum atomic E-state index is 14.5. The Balaban J connectivity index is 1.24. The Kier molecular flexibility index (Phi) is 16.2. The highest BCUT2D eigenvalue weighted by molar-refractivity contribution is 6.27. The highest BCUT2D eigenvalue weighted by atomic mass is 16.5. The normalized spacial score (nSPS) is 20.7. The van der Waals surface area contributed by atoms with Gasteiger partial charge in [0.05, 0.1) is 29.8 Å². The molecule has 0 saturated carbocycles. The minimum atomic E-state index is -1.25. The number of aliphatic imine (C=N–C) groups is 1. The zero-order valence-electron chi connectivity index (χ0n) is 41.3. The van der Waals surface area contributed by atoms with Gasteiger partial charge in [-0.05, 0) is 123 Å². The third-order valence-electron chi connectivity index (χ3n) is 14.6. The Morgan fingerprint density at radius 2 is 1.60 bits per heavy atom. The van der Waals surface area contributed by atoms with Crippen molar-refractivity contribution in [1.29, 1.82) is 0 Å². The van der Waals surface area contributed by atoms with Crippen LogP contribution >= 0.6 is 0 Å². The van der Waals surface area contributed by atoms with Crippen LogP contribution in [0.25, 0.3) is 35.6 Å². The smallest absolute Gasteiger partial charge is 0.316 e. The molecule has 0 fully saturated rings. The Labute approximate surface area is 387 Å². The van der Waals surface area contributed by atoms with Crippen LogP contribution in [0.5, 0.6) is 0 Å². The molecule has 8 bridgehead atoms. The summed E-state index contributed by atoms with van der Waals surface area (Å²) >= 11 is 0. The maximum absolute atomic E-state index is 14.5. The van der Waals surface area contributed by atoms with E-state index in [2.05, 4.69) is 84.9 Å². The molecule has 0 saturated heterocycles. The number of carbonyl (C=O) groups is 2. The van der Waals surface area contributed by atoms with E-state index in [-0.39, 0.29) is 36.6 Å². The molecule has 5 heterocycles. The van der Waals surface area contributed by atoms with Gasteiger partial charge >= 0.3 is 11.9 Å². The van der Waals surface area contributed by atoms with Crippen LogP contribution < -0.4 is 32.2 Å². The van der Waals surface area contributed by atoms with Crippen LogP contribution in [0.2, 0.25) is 0 Å². The number of ether oxygens (including phenoxy) is 2. The van der Waals surface area contributed by atoms with Gasteiger partial charge in [-0.3, -0.25) is 19.3 Å². The largest absolute Gasteiger partial charge is 0.874 e. The molecule has 0 spiro atoms. The number of allylic oxidation sites excluding steroid dienone is 2. The quantitative estimate of drug-likeness (QED) is 0.0598. The van der Waals surface area contributed by atoms with Crippen molar-refractivity contribution in [1.82, 2.24) is 14.6 Å². The lowest BCUT2D eigenvalue weighted by Gasteiger charge is -2.25. The molecule has 10 heteroatoms. The van der Waals surface area contributed by atoms with Crippen molar-refractivity contribution in [3.05, 3.63) is 90.1 Å². The number of methoxy groups -OCH3 is 1. The Morgan fingerprint density at radius 1 is 0.923 bits per heavy atom. The van der Waals surface area contributed by atoms with Crippen LogP contribution in [-0.2, 0) is 25.5 Å². The van der Waals surface area contributed by atoms with Crippen molar-refractivity contribution in [2.75, 3.05) is 19.6 Å². The van der Waals surface area contributed by atoms with Gasteiger partial charge in [-0.1, -0.05) is 105 Å². The number of esters is 2. The first-order valence-corrected chi connectivity index (χ1v) is 24.4. The van der Waals surface area contributed by atoms with Crippen LogP contribution in [0.15, 0.2) is 28.9 Å². The van der Waals surface area contributed by atoms with Crippen molar-refractivity contribution in [3.63, 3.8) is 0 Å². The summed E-state index contributed by atoms with van der Waals surface area (Å²) in [4.78, 5) is 39.7. The van der Waals surface area contributed by atoms with Crippen molar-refractivity contribution in [3.8, 4) is 0 Å². The molecule has 2 aliphatic heterocycles. The molecule has 0 radical (unpaired) electrons. The molecule has 352 valence electrons. The minimum Gasteiger partial charge on any atom is -0.874 e. The summed E-state index contributed by atoms with van der Waals surface area (Å²) < 4.78 is 12.6. The van der Waals surface area contributed by atoms with E-state index < -0.39 is 11.9 Å². The Morgan fingerprint density at radius 3 is 2.25 bits per heavy atom. The van der Waals surface area contributed by atoms with Gasteiger partial charge in [0.15, 0.2) is 0 Å². The molecule has 0 amide bonds. The van der Waals surface area contributed by atoms with Gasteiger partial charge in [0.2, 0.25) is 0 Å². The van der Waals surface area contributed by atoms with Gasteiger partial charge in [0, 0.05) is 57.2 Å². The lowest BCUT2D eigenvalue weighted by molar-refractivity contribution is -0.255. The molecule has 3 aromatic rings. The number of nitrogens with two attached hydrogens (primary N) is 1. The van der Waals surface area contributed by atoms with Crippen LogP contribution in [0, 0.1) is 56.3 Å².